The SMILES string of the molecule is CCCC(O)CCc1cccc2cc([C@H](C)NC(=O)c3c(N)nn4cccnc34)n(-c3ccccc3)c(=O)c12. The Morgan fingerprint density at radius 2 is 1.90 bits per heavy atom. The number of fused-ring (bicyclic) bond motifs is 2. The zero-order valence-corrected chi connectivity index (χ0v) is 22.0. The molecule has 0 spiro atoms. The van der Waals surface area contributed by atoms with Crippen molar-refractivity contribution in [3.05, 3.63) is 100 Å². The molecule has 5 rings (SSSR count). The predicted octanol–water partition coefficient (Wildman–Crippen LogP) is 4.20. The van der Waals surface area contributed by atoms with Gasteiger partial charge in [-0.25, -0.2) is 9.50 Å². The van der Waals surface area contributed by atoms with Crippen LogP contribution < -0.4 is 16.6 Å². The molecule has 0 radical (unpaired) electrons. The minimum atomic E-state index is -0.553. The molecule has 5 aromatic rings. The maximum absolute atomic E-state index is 14.1. The van der Waals surface area contributed by atoms with Crippen molar-refractivity contribution in [3.8, 4) is 5.69 Å². The second-order valence-corrected chi connectivity index (χ2v) is 9.75. The maximum atomic E-state index is 14.1. The second-order valence-electron chi connectivity index (χ2n) is 9.75. The van der Waals surface area contributed by atoms with E-state index in [0.29, 0.717) is 35.3 Å². The number of hydrogen-bond donors (Lipinski definition) is 3. The van der Waals surface area contributed by atoms with E-state index in [4.69, 9.17) is 5.73 Å². The van der Waals surface area contributed by atoms with Crippen LogP contribution in [0.1, 0.15) is 60.8 Å². The van der Waals surface area contributed by atoms with Gasteiger partial charge in [0.05, 0.1) is 17.5 Å². The molecule has 39 heavy (non-hydrogen) atoms. The quantitative estimate of drug-likeness (QED) is 0.265. The van der Waals surface area contributed by atoms with Crippen molar-refractivity contribution in [3.63, 3.8) is 0 Å². The molecule has 0 saturated heterocycles. The molecule has 0 fully saturated rings. The van der Waals surface area contributed by atoms with Gasteiger partial charge >= 0.3 is 0 Å². The van der Waals surface area contributed by atoms with Crippen molar-refractivity contribution in [2.45, 2.75) is 51.7 Å². The summed E-state index contributed by atoms with van der Waals surface area (Å²) in [7, 11) is 0. The molecule has 0 aliphatic rings. The number of rotatable bonds is 9. The molecule has 2 aromatic carbocycles. The number of aliphatic hydroxyl groups is 1. The van der Waals surface area contributed by atoms with Gasteiger partial charge in [0.1, 0.15) is 5.56 Å². The summed E-state index contributed by atoms with van der Waals surface area (Å²) in [5, 5.41) is 18.9. The summed E-state index contributed by atoms with van der Waals surface area (Å²) in [6.07, 6.45) is 5.66. The first-order valence-electron chi connectivity index (χ1n) is 13.2. The average Bonchev–Trinajstić information content (AvgIpc) is 3.28. The van der Waals surface area contributed by atoms with E-state index in [1.165, 1.54) is 4.52 Å². The van der Waals surface area contributed by atoms with Crippen LogP contribution in [0, 0.1) is 0 Å². The number of carbonyl (C=O) groups is 1. The van der Waals surface area contributed by atoms with Crippen LogP contribution in [0.25, 0.3) is 22.1 Å². The van der Waals surface area contributed by atoms with Gasteiger partial charge in [-0.05, 0) is 61.4 Å². The number of benzene rings is 2. The third kappa shape index (κ3) is 5.13. The first-order valence-corrected chi connectivity index (χ1v) is 13.2. The minimum absolute atomic E-state index is 0.0762. The Morgan fingerprint density at radius 1 is 1.10 bits per heavy atom. The number of nitrogens with zero attached hydrogens (tertiary/aromatic N) is 4. The Bertz CT molecular complexity index is 1690. The van der Waals surface area contributed by atoms with Crippen LogP contribution in [0.5, 0.6) is 0 Å². The number of pyridine rings is 1. The topological polar surface area (TPSA) is 128 Å². The van der Waals surface area contributed by atoms with Gasteiger partial charge in [-0.1, -0.05) is 49.7 Å². The van der Waals surface area contributed by atoms with E-state index >= 15 is 0 Å². The molecule has 3 heterocycles. The highest BCUT2D eigenvalue weighted by Gasteiger charge is 2.24. The lowest BCUT2D eigenvalue weighted by Crippen LogP contribution is -2.32. The van der Waals surface area contributed by atoms with Crippen LogP contribution in [0.15, 0.2) is 77.9 Å². The van der Waals surface area contributed by atoms with E-state index in [0.717, 1.165) is 23.8 Å². The molecule has 2 atom stereocenters. The van der Waals surface area contributed by atoms with E-state index < -0.39 is 18.1 Å². The molecule has 0 aliphatic heterocycles. The van der Waals surface area contributed by atoms with Crippen molar-refractivity contribution in [2.24, 2.45) is 0 Å². The molecule has 200 valence electrons. The Kier molecular flexibility index (Phi) is 7.42. The second kappa shape index (κ2) is 11.1. The molecule has 3 aromatic heterocycles. The largest absolute Gasteiger partial charge is 0.393 e. The van der Waals surface area contributed by atoms with Gasteiger partial charge in [0, 0.05) is 23.8 Å². The Hall–Kier alpha value is -4.50. The number of hydrogen-bond acceptors (Lipinski definition) is 6. The smallest absolute Gasteiger partial charge is 0.263 e. The lowest BCUT2D eigenvalue weighted by Gasteiger charge is -2.22. The van der Waals surface area contributed by atoms with Crippen LogP contribution in [0.4, 0.5) is 5.82 Å². The zero-order valence-electron chi connectivity index (χ0n) is 22.0. The molecule has 0 aliphatic carbocycles. The minimum Gasteiger partial charge on any atom is -0.393 e. The summed E-state index contributed by atoms with van der Waals surface area (Å²) in [6, 6.07) is 18.2. The van der Waals surface area contributed by atoms with Crippen LogP contribution in [-0.4, -0.2) is 36.3 Å². The molecule has 1 amide bonds. The summed E-state index contributed by atoms with van der Waals surface area (Å²) in [5.41, 5.74) is 8.64. The van der Waals surface area contributed by atoms with Gasteiger partial charge in [-0.3, -0.25) is 14.2 Å². The average molecular weight is 525 g/mol. The normalized spacial score (nSPS) is 13.0. The highest BCUT2D eigenvalue weighted by Crippen LogP contribution is 2.25. The summed E-state index contributed by atoms with van der Waals surface area (Å²) in [6.45, 7) is 3.87. The lowest BCUT2D eigenvalue weighted by atomic mass is 9.98. The molecule has 1 unspecified atom stereocenters. The Balaban J connectivity index is 1.58. The number of aromatic nitrogens is 4. The number of carbonyl (C=O) groups excluding carboxylic acids is 1. The number of para-hydroxylation sites is 1. The number of aliphatic hydroxyl groups excluding tert-OH is 1. The van der Waals surface area contributed by atoms with E-state index in [2.05, 4.69) is 15.4 Å². The fraction of sp³-hybridized carbons (Fsp3) is 0.267. The Morgan fingerprint density at radius 3 is 2.67 bits per heavy atom. The maximum Gasteiger partial charge on any atom is 0.263 e. The van der Waals surface area contributed by atoms with Crippen molar-refractivity contribution in [1.82, 2.24) is 24.5 Å². The first kappa shape index (κ1) is 26.1. The van der Waals surface area contributed by atoms with Gasteiger partial charge < -0.3 is 16.2 Å². The number of amides is 1. The van der Waals surface area contributed by atoms with Gasteiger partial charge in [-0.15, -0.1) is 5.10 Å². The van der Waals surface area contributed by atoms with E-state index in [1.54, 1.807) is 23.0 Å². The standard InChI is InChI=1S/C30H32N6O3/c1-3-9-23(37)15-14-20-10-7-11-21-18-24(36(30(39)25(20)21)22-12-5-4-6-13-22)19(2)33-29(38)26-27(31)34-35-17-8-16-32-28(26)35/h4-8,10-13,16-19,23,37H,3,9,14-15H2,1-2H3,(H2,31,34)(H,33,38)/t19-,23?/m0/s1. The molecular formula is C30H32N6O3. The van der Waals surface area contributed by atoms with Gasteiger partial charge in [0.25, 0.3) is 11.5 Å². The number of anilines is 1. The van der Waals surface area contributed by atoms with Crippen LogP contribution in [-0.2, 0) is 6.42 Å². The van der Waals surface area contributed by atoms with Crippen molar-refractivity contribution >= 4 is 28.1 Å². The summed E-state index contributed by atoms with van der Waals surface area (Å²) >= 11 is 0. The fourth-order valence-corrected chi connectivity index (χ4v) is 5.09. The molecule has 0 bridgehead atoms. The fourth-order valence-electron chi connectivity index (χ4n) is 5.09. The van der Waals surface area contributed by atoms with Gasteiger partial charge in [0.2, 0.25) is 0 Å². The van der Waals surface area contributed by atoms with Crippen LogP contribution in [0.2, 0.25) is 0 Å². The molecule has 0 saturated carbocycles. The van der Waals surface area contributed by atoms with Gasteiger partial charge in [-0.2, -0.15) is 0 Å². The van der Waals surface area contributed by atoms with E-state index in [-0.39, 0.29) is 16.9 Å². The first-order chi connectivity index (χ1) is 18.9. The molecule has 9 heteroatoms. The summed E-state index contributed by atoms with van der Waals surface area (Å²) < 4.78 is 3.11. The number of nitrogen functional groups attached to an aromatic ring is 1. The highest BCUT2D eigenvalue weighted by atomic mass is 16.3. The van der Waals surface area contributed by atoms with Crippen molar-refractivity contribution in [1.29, 1.82) is 0 Å². The Labute approximate surface area is 225 Å². The van der Waals surface area contributed by atoms with Crippen molar-refractivity contribution < 1.29 is 9.90 Å². The molecule has 9 nitrogen and oxygen atoms in total. The molecule has 4 N–H and O–H groups in total. The summed E-state index contributed by atoms with van der Waals surface area (Å²) in [4.78, 5) is 31.8. The zero-order chi connectivity index (χ0) is 27.5. The van der Waals surface area contributed by atoms with Crippen molar-refractivity contribution in [2.75, 3.05) is 5.73 Å². The number of aryl methyl sites for hydroxylation is 1. The van der Waals surface area contributed by atoms with E-state index in [9.17, 15) is 14.7 Å². The number of nitrogens with one attached hydrogen (secondary N) is 1. The summed E-state index contributed by atoms with van der Waals surface area (Å²) in [5.74, 6) is -0.355. The third-order valence-electron chi connectivity index (χ3n) is 6.99. The third-order valence-corrected chi connectivity index (χ3v) is 6.99. The van der Waals surface area contributed by atoms with E-state index in [1.807, 2.05) is 68.4 Å². The van der Waals surface area contributed by atoms with Gasteiger partial charge in [0.15, 0.2) is 11.5 Å². The predicted molar refractivity (Wildman–Crippen MR) is 152 cm³/mol. The monoisotopic (exact) mass is 524 g/mol. The highest BCUT2D eigenvalue weighted by molar-refractivity contribution is 6.04. The van der Waals surface area contributed by atoms with Crippen LogP contribution in [0.3, 0.4) is 0 Å². The number of nitrogens with two attached hydrogens (primary N) is 1. The lowest BCUT2D eigenvalue weighted by molar-refractivity contribution is 0.0941. The molecular weight excluding hydrogens is 492 g/mol. The van der Waals surface area contributed by atoms with Crippen LogP contribution >= 0.6 is 0 Å².